The molecule has 0 heterocycles. The maximum absolute atomic E-state index is 13.6. The van der Waals surface area contributed by atoms with Crippen LogP contribution in [-0.4, -0.2) is 39.2 Å². The van der Waals surface area contributed by atoms with E-state index in [2.05, 4.69) is 5.32 Å². The molecular formula is C19H19ClFNO5. The summed E-state index contributed by atoms with van der Waals surface area (Å²) in [4.78, 5) is 23.7. The molecule has 6 nitrogen and oxygen atoms in total. The summed E-state index contributed by atoms with van der Waals surface area (Å²) in [5.41, 5.74) is 0.542. The van der Waals surface area contributed by atoms with E-state index in [9.17, 15) is 14.0 Å². The normalized spacial score (nSPS) is 10.2. The first-order valence-corrected chi connectivity index (χ1v) is 8.42. The van der Waals surface area contributed by atoms with Crippen LogP contribution < -0.4 is 14.8 Å². The molecule has 1 N–H and O–H groups in total. The van der Waals surface area contributed by atoms with E-state index in [0.717, 1.165) is 11.6 Å². The number of benzene rings is 2. The van der Waals surface area contributed by atoms with Crippen molar-refractivity contribution in [2.45, 2.75) is 6.42 Å². The first kappa shape index (κ1) is 20.5. The highest BCUT2D eigenvalue weighted by molar-refractivity contribution is 6.33. The van der Waals surface area contributed by atoms with Crippen molar-refractivity contribution in [3.8, 4) is 11.5 Å². The lowest BCUT2D eigenvalue weighted by atomic mass is 10.1. The Bertz CT molecular complexity index is 807. The molecular weight excluding hydrogens is 377 g/mol. The number of ether oxygens (including phenoxy) is 3. The molecule has 2 aromatic rings. The van der Waals surface area contributed by atoms with Crippen LogP contribution in [0.15, 0.2) is 36.4 Å². The van der Waals surface area contributed by atoms with Crippen molar-refractivity contribution >= 4 is 23.5 Å². The zero-order valence-corrected chi connectivity index (χ0v) is 15.6. The van der Waals surface area contributed by atoms with Gasteiger partial charge < -0.3 is 19.5 Å². The van der Waals surface area contributed by atoms with Crippen LogP contribution in [0.2, 0.25) is 5.02 Å². The van der Waals surface area contributed by atoms with Crippen molar-refractivity contribution in [3.63, 3.8) is 0 Å². The molecule has 0 saturated heterocycles. The smallest absolute Gasteiger partial charge is 0.343 e. The van der Waals surface area contributed by atoms with Crippen LogP contribution in [0.3, 0.4) is 0 Å². The summed E-state index contributed by atoms with van der Waals surface area (Å²) >= 11 is 5.78. The Morgan fingerprint density at radius 2 is 1.85 bits per heavy atom. The van der Waals surface area contributed by atoms with Gasteiger partial charge >= 0.3 is 5.97 Å². The number of hydrogen-bond donors (Lipinski definition) is 1. The zero-order chi connectivity index (χ0) is 19.8. The third-order valence-electron chi connectivity index (χ3n) is 3.69. The monoisotopic (exact) mass is 395 g/mol. The summed E-state index contributed by atoms with van der Waals surface area (Å²) < 4.78 is 28.8. The van der Waals surface area contributed by atoms with E-state index in [1.165, 1.54) is 12.1 Å². The first-order chi connectivity index (χ1) is 13.0. The van der Waals surface area contributed by atoms with E-state index in [1.807, 2.05) is 12.1 Å². The van der Waals surface area contributed by atoms with E-state index in [0.29, 0.717) is 24.5 Å². The van der Waals surface area contributed by atoms with Crippen molar-refractivity contribution in [3.05, 3.63) is 58.4 Å². The van der Waals surface area contributed by atoms with Gasteiger partial charge in [0.05, 0.1) is 19.2 Å². The minimum atomic E-state index is -0.992. The van der Waals surface area contributed by atoms with E-state index < -0.39 is 29.9 Å². The van der Waals surface area contributed by atoms with Crippen molar-refractivity contribution < 1.29 is 28.2 Å². The highest BCUT2D eigenvalue weighted by Gasteiger charge is 2.18. The van der Waals surface area contributed by atoms with Crippen molar-refractivity contribution in [1.82, 2.24) is 5.32 Å². The highest BCUT2D eigenvalue weighted by Crippen LogP contribution is 2.27. The first-order valence-electron chi connectivity index (χ1n) is 8.05. The average molecular weight is 396 g/mol. The molecule has 0 fully saturated rings. The van der Waals surface area contributed by atoms with Gasteiger partial charge in [-0.2, -0.15) is 0 Å². The standard InChI is InChI=1S/C19H19ClFNO5/c1-25-15-7-6-12(10-16(15)26-2)8-9-22-17(23)11-27-19(24)18-13(20)4-3-5-14(18)21/h3-7,10H,8-9,11H2,1-2H3,(H,22,23). The molecule has 0 aromatic heterocycles. The quantitative estimate of drug-likeness (QED) is 0.695. The number of halogens is 2. The van der Waals surface area contributed by atoms with Gasteiger partial charge in [-0.3, -0.25) is 4.79 Å². The maximum Gasteiger partial charge on any atom is 0.343 e. The molecule has 8 heteroatoms. The summed E-state index contributed by atoms with van der Waals surface area (Å²) in [5, 5.41) is 2.54. The third kappa shape index (κ3) is 5.59. The predicted octanol–water partition coefficient (Wildman–Crippen LogP) is 3.01. The predicted molar refractivity (Wildman–Crippen MR) is 98.0 cm³/mol. The van der Waals surface area contributed by atoms with Gasteiger partial charge in [0.25, 0.3) is 5.91 Å². The Kier molecular flexibility index (Phi) is 7.43. The van der Waals surface area contributed by atoms with Crippen LogP contribution in [0, 0.1) is 5.82 Å². The molecule has 0 unspecified atom stereocenters. The molecule has 0 aliphatic carbocycles. The fourth-order valence-corrected chi connectivity index (χ4v) is 2.57. The number of methoxy groups -OCH3 is 2. The lowest BCUT2D eigenvalue weighted by Crippen LogP contribution is -2.30. The number of hydrogen-bond acceptors (Lipinski definition) is 5. The second kappa shape index (κ2) is 9.78. The maximum atomic E-state index is 13.6. The Labute approximate surface area is 161 Å². The third-order valence-corrected chi connectivity index (χ3v) is 4.00. The molecule has 2 aromatic carbocycles. The average Bonchev–Trinajstić information content (AvgIpc) is 2.66. The summed E-state index contributed by atoms with van der Waals surface area (Å²) in [6, 6.07) is 9.26. The molecule has 0 saturated carbocycles. The van der Waals surface area contributed by atoms with Crippen LogP contribution in [-0.2, 0) is 16.0 Å². The molecule has 0 spiro atoms. The largest absolute Gasteiger partial charge is 0.493 e. The van der Waals surface area contributed by atoms with Gasteiger partial charge in [0.2, 0.25) is 0 Å². The Hall–Kier alpha value is -2.80. The van der Waals surface area contributed by atoms with Gasteiger partial charge in [0.1, 0.15) is 11.4 Å². The van der Waals surface area contributed by atoms with Crippen LogP contribution in [0.5, 0.6) is 11.5 Å². The molecule has 0 atom stereocenters. The van der Waals surface area contributed by atoms with E-state index in [4.69, 9.17) is 25.8 Å². The summed E-state index contributed by atoms with van der Waals surface area (Å²) in [7, 11) is 3.09. The second-order valence-electron chi connectivity index (χ2n) is 5.46. The van der Waals surface area contributed by atoms with Crippen molar-refractivity contribution in [1.29, 1.82) is 0 Å². The van der Waals surface area contributed by atoms with Gasteiger partial charge in [0, 0.05) is 6.54 Å². The number of carbonyl (C=O) groups excluding carboxylic acids is 2. The lowest BCUT2D eigenvalue weighted by Gasteiger charge is -2.10. The number of rotatable bonds is 8. The number of amides is 1. The minimum absolute atomic E-state index is 0.0751. The molecule has 2 rings (SSSR count). The molecule has 0 radical (unpaired) electrons. The highest BCUT2D eigenvalue weighted by atomic mass is 35.5. The van der Waals surface area contributed by atoms with Gasteiger partial charge in [-0.25, -0.2) is 9.18 Å². The van der Waals surface area contributed by atoms with Gasteiger partial charge in [-0.05, 0) is 36.2 Å². The summed E-state index contributed by atoms with van der Waals surface area (Å²) in [5.74, 6) is -1.09. The number of esters is 1. The molecule has 0 aliphatic heterocycles. The van der Waals surface area contributed by atoms with Crippen LogP contribution >= 0.6 is 11.6 Å². The molecule has 0 bridgehead atoms. The van der Waals surface area contributed by atoms with Crippen LogP contribution in [0.25, 0.3) is 0 Å². The van der Waals surface area contributed by atoms with Crippen LogP contribution in [0.4, 0.5) is 4.39 Å². The van der Waals surface area contributed by atoms with E-state index >= 15 is 0 Å². The van der Waals surface area contributed by atoms with Crippen molar-refractivity contribution in [2.75, 3.05) is 27.4 Å². The van der Waals surface area contributed by atoms with Crippen LogP contribution in [0.1, 0.15) is 15.9 Å². The fraction of sp³-hybridized carbons (Fsp3) is 0.263. The SMILES string of the molecule is COc1ccc(CCNC(=O)COC(=O)c2c(F)cccc2Cl)cc1OC. The van der Waals surface area contributed by atoms with Gasteiger partial charge in [0.15, 0.2) is 18.1 Å². The van der Waals surface area contributed by atoms with E-state index in [1.54, 1.807) is 20.3 Å². The number of carbonyl (C=O) groups is 2. The summed E-state index contributed by atoms with van der Waals surface area (Å²) in [6.45, 7) is -0.207. The lowest BCUT2D eigenvalue weighted by molar-refractivity contribution is -0.124. The Balaban J connectivity index is 1.81. The molecule has 0 aliphatic rings. The number of nitrogens with one attached hydrogen (secondary N) is 1. The Morgan fingerprint density at radius 3 is 2.52 bits per heavy atom. The minimum Gasteiger partial charge on any atom is -0.493 e. The molecule has 144 valence electrons. The van der Waals surface area contributed by atoms with E-state index in [-0.39, 0.29) is 5.02 Å². The fourth-order valence-electron chi connectivity index (χ4n) is 2.33. The van der Waals surface area contributed by atoms with Gasteiger partial charge in [-0.15, -0.1) is 0 Å². The van der Waals surface area contributed by atoms with Crippen molar-refractivity contribution in [2.24, 2.45) is 0 Å². The Morgan fingerprint density at radius 1 is 1.11 bits per heavy atom. The zero-order valence-electron chi connectivity index (χ0n) is 14.9. The molecule has 1 amide bonds. The molecule has 27 heavy (non-hydrogen) atoms. The summed E-state index contributed by atoms with van der Waals surface area (Å²) in [6.07, 6.45) is 0.541. The second-order valence-corrected chi connectivity index (χ2v) is 5.87. The van der Waals surface area contributed by atoms with Gasteiger partial charge in [-0.1, -0.05) is 23.7 Å². The topological polar surface area (TPSA) is 73.9 Å².